The van der Waals surface area contributed by atoms with Crippen molar-refractivity contribution in [1.29, 1.82) is 0 Å². The molecule has 21 heavy (non-hydrogen) atoms. The van der Waals surface area contributed by atoms with E-state index in [4.69, 9.17) is 16.3 Å². The van der Waals surface area contributed by atoms with E-state index >= 15 is 0 Å². The first-order valence-electron chi connectivity index (χ1n) is 6.55. The lowest BCUT2D eigenvalue weighted by Crippen LogP contribution is -1.89. The summed E-state index contributed by atoms with van der Waals surface area (Å²) < 4.78 is 5.41. The second-order valence-corrected chi connectivity index (χ2v) is 5.13. The molecule has 0 saturated carbocycles. The maximum absolute atomic E-state index is 10.8. The highest BCUT2D eigenvalue weighted by atomic mass is 35.5. The number of hydrogen-bond donors (Lipinski definition) is 0. The van der Waals surface area contributed by atoms with Crippen LogP contribution in [-0.4, -0.2) is 13.4 Å². The lowest BCUT2D eigenvalue weighted by Gasteiger charge is -2.12. The van der Waals surface area contributed by atoms with Crippen LogP contribution < -0.4 is 4.74 Å². The summed E-state index contributed by atoms with van der Waals surface area (Å²) >= 11 is 6.33. The van der Waals surface area contributed by atoms with Crippen molar-refractivity contribution in [1.82, 2.24) is 0 Å². The number of methoxy groups -OCH3 is 1. The number of benzene rings is 3. The van der Waals surface area contributed by atoms with Crippen LogP contribution >= 0.6 is 11.6 Å². The maximum atomic E-state index is 10.8. The van der Waals surface area contributed by atoms with Gasteiger partial charge >= 0.3 is 0 Å². The number of fused-ring (bicyclic) bond motifs is 1. The number of aldehydes is 1. The van der Waals surface area contributed by atoms with Crippen molar-refractivity contribution in [2.24, 2.45) is 0 Å². The van der Waals surface area contributed by atoms with E-state index in [1.165, 1.54) is 0 Å². The summed E-state index contributed by atoms with van der Waals surface area (Å²) in [7, 11) is 1.66. The molecule has 0 amide bonds. The van der Waals surface area contributed by atoms with Gasteiger partial charge in [-0.15, -0.1) is 0 Å². The quantitative estimate of drug-likeness (QED) is 0.637. The molecule has 0 heterocycles. The largest absolute Gasteiger partial charge is 0.496 e. The molecule has 104 valence electrons. The zero-order chi connectivity index (χ0) is 14.8. The monoisotopic (exact) mass is 296 g/mol. The zero-order valence-corrected chi connectivity index (χ0v) is 12.2. The Morgan fingerprint density at radius 3 is 2.33 bits per heavy atom. The average Bonchev–Trinajstić information content (AvgIpc) is 2.54. The summed E-state index contributed by atoms with van der Waals surface area (Å²) in [6, 6.07) is 17.3. The number of carbonyl (C=O) groups is 1. The van der Waals surface area contributed by atoms with Crippen molar-refractivity contribution in [2.45, 2.75) is 0 Å². The van der Waals surface area contributed by atoms with Crippen LogP contribution in [0.5, 0.6) is 5.75 Å². The Kier molecular flexibility index (Phi) is 3.63. The highest BCUT2D eigenvalue weighted by Crippen LogP contribution is 2.37. The van der Waals surface area contributed by atoms with Crippen LogP contribution in [0.3, 0.4) is 0 Å². The Morgan fingerprint density at radius 1 is 0.952 bits per heavy atom. The molecule has 0 aliphatic heterocycles. The van der Waals surface area contributed by atoms with Crippen molar-refractivity contribution in [3.05, 3.63) is 65.2 Å². The summed E-state index contributed by atoms with van der Waals surface area (Å²) in [5.41, 5.74) is 2.50. The van der Waals surface area contributed by atoms with Crippen LogP contribution in [0.2, 0.25) is 5.02 Å². The van der Waals surface area contributed by atoms with Crippen molar-refractivity contribution in [3.63, 3.8) is 0 Å². The number of carbonyl (C=O) groups excluding carboxylic acids is 1. The Hall–Kier alpha value is -2.32. The molecule has 0 radical (unpaired) electrons. The lowest BCUT2D eigenvalue weighted by molar-refractivity contribution is 0.112. The van der Waals surface area contributed by atoms with Crippen LogP contribution in [0.15, 0.2) is 54.6 Å². The fourth-order valence-electron chi connectivity index (χ4n) is 2.51. The van der Waals surface area contributed by atoms with Crippen molar-refractivity contribution in [3.8, 4) is 16.9 Å². The van der Waals surface area contributed by atoms with Crippen molar-refractivity contribution >= 4 is 28.7 Å². The van der Waals surface area contributed by atoms with Gasteiger partial charge in [-0.05, 0) is 29.1 Å². The van der Waals surface area contributed by atoms with Gasteiger partial charge in [0.25, 0.3) is 0 Å². The third-order valence-electron chi connectivity index (χ3n) is 3.52. The molecule has 0 saturated heterocycles. The summed E-state index contributed by atoms with van der Waals surface area (Å²) in [5.74, 6) is 0.829. The first-order valence-corrected chi connectivity index (χ1v) is 6.93. The molecule has 0 N–H and O–H groups in total. The summed E-state index contributed by atoms with van der Waals surface area (Å²) in [5, 5.41) is 2.67. The maximum Gasteiger partial charge on any atom is 0.150 e. The number of hydrogen-bond acceptors (Lipinski definition) is 2. The molecule has 3 heteroatoms. The van der Waals surface area contributed by atoms with Gasteiger partial charge in [-0.1, -0.05) is 48.0 Å². The molecule has 0 spiro atoms. The van der Waals surface area contributed by atoms with Gasteiger partial charge in [0.15, 0.2) is 0 Å². The van der Waals surface area contributed by atoms with Crippen LogP contribution in [0.1, 0.15) is 10.4 Å². The van der Waals surface area contributed by atoms with Gasteiger partial charge in [0.2, 0.25) is 0 Å². The van der Waals surface area contributed by atoms with Crippen molar-refractivity contribution < 1.29 is 9.53 Å². The zero-order valence-electron chi connectivity index (χ0n) is 11.5. The molecule has 3 aromatic rings. The van der Waals surface area contributed by atoms with E-state index in [9.17, 15) is 4.79 Å². The second kappa shape index (κ2) is 5.58. The molecule has 3 aromatic carbocycles. The topological polar surface area (TPSA) is 26.3 Å². The molecular weight excluding hydrogens is 284 g/mol. The minimum atomic E-state index is 0.565. The Morgan fingerprint density at radius 2 is 1.67 bits per heavy atom. The smallest absolute Gasteiger partial charge is 0.150 e. The summed E-state index contributed by atoms with van der Waals surface area (Å²) in [6.07, 6.45) is 0.793. The molecule has 0 aromatic heterocycles. The van der Waals surface area contributed by atoms with Crippen molar-refractivity contribution in [2.75, 3.05) is 7.11 Å². The van der Waals surface area contributed by atoms with E-state index in [1.807, 2.05) is 42.5 Å². The summed E-state index contributed by atoms with van der Waals surface area (Å²) in [6.45, 7) is 0. The fourth-order valence-corrected chi connectivity index (χ4v) is 2.80. The van der Waals surface area contributed by atoms with Gasteiger partial charge in [0.1, 0.15) is 12.0 Å². The standard InChI is InChI=1S/C18H13ClO2/c1-21-18-9-8-14(13-4-2-3-5-16(13)18)15-7-6-12(11-20)10-17(15)19/h2-11H,1H3. The van der Waals surface area contributed by atoms with Crippen LogP contribution in [0.25, 0.3) is 21.9 Å². The van der Waals surface area contributed by atoms with E-state index in [1.54, 1.807) is 19.2 Å². The van der Waals surface area contributed by atoms with E-state index in [0.717, 1.165) is 33.9 Å². The molecular formula is C18H13ClO2. The van der Waals surface area contributed by atoms with Gasteiger partial charge in [-0.2, -0.15) is 0 Å². The van der Waals surface area contributed by atoms with E-state index in [-0.39, 0.29) is 0 Å². The van der Waals surface area contributed by atoms with Gasteiger partial charge in [-0.25, -0.2) is 0 Å². The van der Waals surface area contributed by atoms with E-state index in [0.29, 0.717) is 10.6 Å². The minimum absolute atomic E-state index is 0.565. The molecule has 2 nitrogen and oxygen atoms in total. The van der Waals surface area contributed by atoms with Gasteiger partial charge in [0.05, 0.1) is 7.11 Å². The van der Waals surface area contributed by atoms with E-state index < -0.39 is 0 Å². The Balaban J connectivity index is 2.28. The molecule has 0 bridgehead atoms. The fraction of sp³-hybridized carbons (Fsp3) is 0.0556. The highest BCUT2D eigenvalue weighted by molar-refractivity contribution is 6.34. The summed E-state index contributed by atoms with van der Waals surface area (Å²) in [4.78, 5) is 10.8. The van der Waals surface area contributed by atoms with E-state index in [2.05, 4.69) is 0 Å². The number of halogens is 1. The van der Waals surface area contributed by atoms with Crippen LogP contribution in [0.4, 0.5) is 0 Å². The van der Waals surface area contributed by atoms with Crippen LogP contribution in [-0.2, 0) is 0 Å². The molecule has 0 unspecified atom stereocenters. The van der Waals surface area contributed by atoms with Crippen LogP contribution in [0, 0.1) is 0 Å². The predicted octanol–water partition coefficient (Wildman–Crippen LogP) is 4.98. The molecule has 3 rings (SSSR count). The lowest BCUT2D eigenvalue weighted by atomic mass is 9.97. The normalized spacial score (nSPS) is 10.6. The first kappa shape index (κ1) is 13.7. The Labute approximate surface area is 127 Å². The average molecular weight is 297 g/mol. The first-order chi connectivity index (χ1) is 10.2. The Bertz CT molecular complexity index is 825. The number of ether oxygens (including phenoxy) is 1. The third-order valence-corrected chi connectivity index (χ3v) is 3.84. The number of rotatable bonds is 3. The minimum Gasteiger partial charge on any atom is -0.496 e. The predicted molar refractivity (Wildman–Crippen MR) is 86.3 cm³/mol. The molecule has 0 fully saturated rings. The van der Waals surface area contributed by atoms with Gasteiger partial charge < -0.3 is 4.74 Å². The highest BCUT2D eigenvalue weighted by Gasteiger charge is 2.10. The molecule has 0 aliphatic carbocycles. The van der Waals surface area contributed by atoms with Gasteiger partial charge in [0, 0.05) is 21.5 Å². The molecule has 0 atom stereocenters. The second-order valence-electron chi connectivity index (χ2n) is 4.72. The SMILES string of the molecule is COc1ccc(-c2ccc(C=O)cc2Cl)c2ccccc12. The third kappa shape index (κ3) is 2.39. The van der Waals surface area contributed by atoms with Gasteiger partial charge in [-0.3, -0.25) is 4.79 Å². The molecule has 0 aliphatic rings.